The lowest BCUT2D eigenvalue weighted by molar-refractivity contribution is 0.371. The summed E-state index contributed by atoms with van der Waals surface area (Å²) in [7, 11) is -3.68. The van der Waals surface area contributed by atoms with E-state index < -0.39 is 7.60 Å². The molecule has 0 aromatic carbocycles. The summed E-state index contributed by atoms with van der Waals surface area (Å²) in [6.45, 7) is 1.90. The van der Waals surface area contributed by atoms with Crippen LogP contribution in [0.4, 0.5) is 0 Å². The first-order valence-corrected chi connectivity index (χ1v) is 4.40. The molecule has 0 bridgehead atoms. The summed E-state index contributed by atoms with van der Waals surface area (Å²) in [5.41, 5.74) is 0. The van der Waals surface area contributed by atoms with Crippen LogP contribution in [0.1, 0.15) is 19.8 Å². The highest BCUT2D eigenvalue weighted by Crippen LogP contribution is 2.34. The van der Waals surface area contributed by atoms with E-state index in [1.54, 1.807) is 0 Å². The first-order chi connectivity index (χ1) is 3.56. The van der Waals surface area contributed by atoms with E-state index in [0.29, 0.717) is 6.42 Å². The van der Waals surface area contributed by atoms with E-state index in [1.807, 2.05) is 6.92 Å². The standard InChI is InChI=1S/C4H11O3P/c1-2-3-4-8(5,6)7/h2-4H2,1H3,(H2,5,6,7). The minimum absolute atomic E-state index is 0.0312. The Hall–Kier alpha value is 0.150. The van der Waals surface area contributed by atoms with Crippen LogP contribution >= 0.6 is 7.60 Å². The zero-order valence-corrected chi connectivity index (χ0v) is 5.77. The van der Waals surface area contributed by atoms with Gasteiger partial charge in [0, 0.05) is 6.16 Å². The number of hydrogen-bond donors (Lipinski definition) is 2. The summed E-state index contributed by atoms with van der Waals surface area (Å²) < 4.78 is 10.1. The monoisotopic (exact) mass is 138 g/mol. The molecule has 0 saturated heterocycles. The topological polar surface area (TPSA) is 57.5 Å². The molecule has 0 fully saturated rings. The summed E-state index contributed by atoms with van der Waals surface area (Å²) in [6.07, 6.45) is 1.49. The molecule has 0 aromatic heterocycles. The molecule has 3 nitrogen and oxygen atoms in total. The van der Waals surface area contributed by atoms with Gasteiger partial charge >= 0.3 is 7.60 Å². The molecule has 0 aliphatic carbocycles. The van der Waals surface area contributed by atoms with Gasteiger partial charge in [-0.25, -0.2) is 0 Å². The van der Waals surface area contributed by atoms with E-state index in [0.717, 1.165) is 6.42 Å². The highest BCUT2D eigenvalue weighted by molar-refractivity contribution is 7.51. The molecule has 0 spiro atoms. The quantitative estimate of drug-likeness (QED) is 0.571. The number of unbranched alkanes of at least 4 members (excludes halogenated alkanes) is 1. The van der Waals surface area contributed by atoms with Crippen molar-refractivity contribution in [2.45, 2.75) is 19.8 Å². The van der Waals surface area contributed by atoms with Gasteiger partial charge in [-0.15, -0.1) is 0 Å². The van der Waals surface area contributed by atoms with Gasteiger partial charge in [-0.2, -0.15) is 0 Å². The van der Waals surface area contributed by atoms with Crippen LogP contribution in [-0.2, 0) is 4.57 Å². The third kappa shape index (κ3) is 6.15. The minimum atomic E-state index is -3.68. The Labute approximate surface area is 48.9 Å². The van der Waals surface area contributed by atoms with E-state index in [-0.39, 0.29) is 6.16 Å². The molecule has 0 unspecified atom stereocenters. The summed E-state index contributed by atoms with van der Waals surface area (Å²) in [4.78, 5) is 16.5. The van der Waals surface area contributed by atoms with Crippen LogP contribution in [0.25, 0.3) is 0 Å². The average Bonchev–Trinajstić information content (AvgIpc) is 1.59. The van der Waals surface area contributed by atoms with Crippen LogP contribution in [0, 0.1) is 0 Å². The van der Waals surface area contributed by atoms with Crippen molar-refractivity contribution in [3.05, 3.63) is 0 Å². The fourth-order valence-electron chi connectivity index (χ4n) is 0.364. The molecular weight excluding hydrogens is 127 g/mol. The number of hydrogen-bond acceptors (Lipinski definition) is 1. The first-order valence-electron chi connectivity index (χ1n) is 2.61. The maximum atomic E-state index is 10.1. The fraction of sp³-hybridized carbons (Fsp3) is 1.00. The Kier molecular flexibility index (Phi) is 3.29. The van der Waals surface area contributed by atoms with Gasteiger partial charge in [0.2, 0.25) is 0 Å². The predicted molar refractivity (Wildman–Crippen MR) is 31.8 cm³/mol. The molecule has 0 atom stereocenters. The molecular formula is C4H11O3P. The Morgan fingerprint density at radius 3 is 2.12 bits per heavy atom. The normalized spacial score (nSPS) is 11.9. The third-order valence-corrected chi connectivity index (χ3v) is 1.70. The maximum Gasteiger partial charge on any atom is 0.325 e. The highest BCUT2D eigenvalue weighted by atomic mass is 31.2. The second-order valence-corrected chi connectivity index (χ2v) is 3.52. The van der Waals surface area contributed by atoms with E-state index >= 15 is 0 Å². The van der Waals surface area contributed by atoms with Crippen LogP contribution in [0.15, 0.2) is 0 Å². The van der Waals surface area contributed by atoms with E-state index in [1.165, 1.54) is 0 Å². The van der Waals surface area contributed by atoms with Crippen molar-refractivity contribution >= 4 is 7.60 Å². The van der Waals surface area contributed by atoms with Crippen molar-refractivity contribution in [3.63, 3.8) is 0 Å². The van der Waals surface area contributed by atoms with E-state index in [9.17, 15) is 4.57 Å². The summed E-state index contributed by atoms with van der Waals surface area (Å²) in [5.74, 6) is 0. The average molecular weight is 138 g/mol. The largest absolute Gasteiger partial charge is 0.325 e. The lowest BCUT2D eigenvalue weighted by Gasteiger charge is -1.98. The molecule has 0 aromatic rings. The molecule has 4 heteroatoms. The Balaban J connectivity index is 3.26. The number of rotatable bonds is 3. The van der Waals surface area contributed by atoms with Gasteiger partial charge in [0.05, 0.1) is 0 Å². The van der Waals surface area contributed by atoms with Crippen molar-refractivity contribution in [1.82, 2.24) is 0 Å². The second-order valence-electron chi connectivity index (χ2n) is 1.74. The zero-order chi connectivity index (χ0) is 6.62. The van der Waals surface area contributed by atoms with Gasteiger partial charge in [-0.1, -0.05) is 13.3 Å². The smallest absolute Gasteiger partial charge is 0.324 e. The van der Waals surface area contributed by atoms with Crippen LogP contribution in [0.5, 0.6) is 0 Å². The lowest BCUT2D eigenvalue weighted by atomic mass is 10.4. The molecule has 0 radical (unpaired) electrons. The highest BCUT2D eigenvalue weighted by Gasteiger charge is 2.09. The van der Waals surface area contributed by atoms with Gasteiger partial charge in [0.1, 0.15) is 0 Å². The van der Waals surface area contributed by atoms with Gasteiger partial charge in [-0.05, 0) is 6.42 Å². The Morgan fingerprint density at radius 2 is 2.00 bits per heavy atom. The van der Waals surface area contributed by atoms with Crippen LogP contribution in [0.2, 0.25) is 0 Å². The molecule has 8 heavy (non-hydrogen) atoms. The molecule has 0 heterocycles. The minimum Gasteiger partial charge on any atom is -0.324 e. The SMILES string of the molecule is CCCCP(=O)(O)O. The Bertz CT molecular complexity index is 95.5. The molecule has 0 amide bonds. The molecule has 0 saturated carbocycles. The maximum absolute atomic E-state index is 10.1. The van der Waals surface area contributed by atoms with Crippen molar-refractivity contribution < 1.29 is 14.4 Å². The second kappa shape index (κ2) is 3.23. The fourth-order valence-corrected chi connectivity index (χ4v) is 1.09. The molecule has 0 aliphatic heterocycles. The summed E-state index contributed by atoms with van der Waals surface area (Å²) in [6, 6.07) is 0. The van der Waals surface area contributed by atoms with E-state index in [2.05, 4.69) is 0 Å². The van der Waals surface area contributed by atoms with Crippen LogP contribution < -0.4 is 0 Å². The summed E-state index contributed by atoms with van der Waals surface area (Å²) in [5, 5.41) is 0. The van der Waals surface area contributed by atoms with Crippen molar-refractivity contribution in [2.24, 2.45) is 0 Å². The predicted octanol–water partition coefficient (Wildman–Crippen LogP) is 0.964. The zero-order valence-electron chi connectivity index (χ0n) is 4.87. The van der Waals surface area contributed by atoms with Gasteiger partial charge < -0.3 is 9.79 Å². The Morgan fingerprint density at radius 1 is 1.50 bits per heavy atom. The van der Waals surface area contributed by atoms with Gasteiger partial charge in [0.25, 0.3) is 0 Å². The lowest BCUT2D eigenvalue weighted by Crippen LogP contribution is -1.84. The van der Waals surface area contributed by atoms with Crippen LogP contribution in [-0.4, -0.2) is 15.9 Å². The van der Waals surface area contributed by atoms with Crippen molar-refractivity contribution in [1.29, 1.82) is 0 Å². The van der Waals surface area contributed by atoms with E-state index in [4.69, 9.17) is 9.79 Å². The van der Waals surface area contributed by atoms with Gasteiger partial charge in [0.15, 0.2) is 0 Å². The molecule has 0 aliphatic rings. The van der Waals surface area contributed by atoms with Gasteiger partial charge in [-0.3, -0.25) is 4.57 Å². The molecule has 2 N–H and O–H groups in total. The molecule has 0 rings (SSSR count). The first kappa shape index (κ1) is 8.15. The van der Waals surface area contributed by atoms with Crippen LogP contribution in [0.3, 0.4) is 0 Å². The summed E-state index contributed by atoms with van der Waals surface area (Å²) >= 11 is 0. The van der Waals surface area contributed by atoms with Crippen molar-refractivity contribution in [2.75, 3.05) is 6.16 Å². The van der Waals surface area contributed by atoms with Crippen molar-refractivity contribution in [3.8, 4) is 0 Å². The third-order valence-electron chi connectivity index (χ3n) is 0.803. The molecule has 50 valence electrons.